The van der Waals surface area contributed by atoms with Crippen LogP contribution in [0.4, 0.5) is 10.5 Å². The number of benzene rings is 1. The Kier molecular flexibility index (Phi) is 4.12. The van der Waals surface area contributed by atoms with E-state index in [9.17, 15) is 4.79 Å². The molecular formula is C13H21N3O. The number of anilines is 1. The fourth-order valence-electron chi connectivity index (χ4n) is 1.40. The molecule has 0 fully saturated rings. The zero-order valence-electron chi connectivity index (χ0n) is 10.9. The van der Waals surface area contributed by atoms with Gasteiger partial charge in [0.2, 0.25) is 0 Å². The second-order valence-corrected chi connectivity index (χ2v) is 5.24. The second kappa shape index (κ2) is 5.19. The number of hydrogen-bond acceptors (Lipinski definition) is 2. The summed E-state index contributed by atoms with van der Waals surface area (Å²) < 4.78 is 0. The summed E-state index contributed by atoms with van der Waals surface area (Å²) in [7, 11) is 0. The van der Waals surface area contributed by atoms with Crippen LogP contribution in [0.2, 0.25) is 0 Å². The van der Waals surface area contributed by atoms with Gasteiger partial charge in [0.05, 0.1) is 0 Å². The number of rotatable bonds is 2. The number of nitrogens with two attached hydrogens (primary N) is 1. The van der Waals surface area contributed by atoms with E-state index in [-0.39, 0.29) is 17.6 Å². The molecule has 17 heavy (non-hydrogen) atoms. The van der Waals surface area contributed by atoms with Gasteiger partial charge in [0.25, 0.3) is 0 Å². The first-order valence-electron chi connectivity index (χ1n) is 5.72. The standard InChI is InChI=1S/C13H21N3O/c1-9(14)10-6-5-7-11(8-10)15-12(17)16-13(2,3)4/h5-9H,14H2,1-4H3,(H2,15,16,17). The number of nitrogens with one attached hydrogen (secondary N) is 2. The maximum absolute atomic E-state index is 11.7. The van der Waals surface area contributed by atoms with Crippen LogP contribution < -0.4 is 16.4 Å². The summed E-state index contributed by atoms with van der Waals surface area (Å²) in [4.78, 5) is 11.7. The van der Waals surface area contributed by atoms with E-state index >= 15 is 0 Å². The number of carbonyl (C=O) groups is 1. The molecule has 1 atom stereocenters. The van der Waals surface area contributed by atoms with E-state index in [2.05, 4.69) is 10.6 Å². The van der Waals surface area contributed by atoms with E-state index in [1.807, 2.05) is 52.0 Å². The first kappa shape index (κ1) is 13.5. The van der Waals surface area contributed by atoms with Gasteiger partial charge in [0.15, 0.2) is 0 Å². The molecule has 0 aliphatic heterocycles. The molecule has 1 aromatic carbocycles. The van der Waals surface area contributed by atoms with Crippen molar-refractivity contribution in [3.63, 3.8) is 0 Å². The Morgan fingerprint density at radius 1 is 1.35 bits per heavy atom. The Morgan fingerprint density at radius 3 is 2.53 bits per heavy atom. The van der Waals surface area contributed by atoms with Crippen molar-refractivity contribution < 1.29 is 4.79 Å². The van der Waals surface area contributed by atoms with Crippen LogP contribution in [0.3, 0.4) is 0 Å². The van der Waals surface area contributed by atoms with E-state index in [1.165, 1.54) is 0 Å². The fraction of sp³-hybridized carbons (Fsp3) is 0.462. The van der Waals surface area contributed by atoms with Gasteiger partial charge >= 0.3 is 6.03 Å². The molecule has 0 spiro atoms. The van der Waals surface area contributed by atoms with Crippen molar-refractivity contribution in [3.05, 3.63) is 29.8 Å². The van der Waals surface area contributed by atoms with Crippen molar-refractivity contribution in [1.29, 1.82) is 0 Å². The van der Waals surface area contributed by atoms with Gasteiger partial charge in [-0.1, -0.05) is 12.1 Å². The Balaban J connectivity index is 2.69. The van der Waals surface area contributed by atoms with E-state index in [0.29, 0.717) is 0 Å². The van der Waals surface area contributed by atoms with Gasteiger partial charge in [0, 0.05) is 17.3 Å². The summed E-state index contributed by atoms with van der Waals surface area (Å²) in [5.41, 5.74) is 7.29. The SMILES string of the molecule is CC(N)c1cccc(NC(=O)NC(C)(C)C)c1. The lowest BCUT2D eigenvalue weighted by Crippen LogP contribution is -2.43. The van der Waals surface area contributed by atoms with Gasteiger partial charge in [-0.25, -0.2) is 4.79 Å². The molecule has 0 aromatic heterocycles. The predicted molar refractivity (Wildman–Crippen MR) is 71.0 cm³/mol. The molecule has 0 saturated heterocycles. The molecule has 1 rings (SSSR count). The highest BCUT2D eigenvalue weighted by molar-refractivity contribution is 5.89. The maximum Gasteiger partial charge on any atom is 0.319 e. The van der Waals surface area contributed by atoms with Crippen molar-refractivity contribution in [2.45, 2.75) is 39.3 Å². The van der Waals surface area contributed by atoms with Gasteiger partial charge in [-0.3, -0.25) is 0 Å². The van der Waals surface area contributed by atoms with Crippen LogP contribution in [-0.4, -0.2) is 11.6 Å². The molecular weight excluding hydrogens is 214 g/mol. The van der Waals surface area contributed by atoms with Crippen LogP contribution in [0.25, 0.3) is 0 Å². The van der Waals surface area contributed by atoms with Crippen LogP contribution in [0.15, 0.2) is 24.3 Å². The Labute approximate surface area is 103 Å². The van der Waals surface area contributed by atoms with E-state index in [1.54, 1.807) is 0 Å². The minimum absolute atomic E-state index is 0.0394. The average molecular weight is 235 g/mol. The van der Waals surface area contributed by atoms with Crippen molar-refractivity contribution >= 4 is 11.7 Å². The molecule has 2 amide bonds. The van der Waals surface area contributed by atoms with Crippen LogP contribution in [-0.2, 0) is 0 Å². The van der Waals surface area contributed by atoms with E-state index < -0.39 is 0 Å². The lowest BCUT2D eigenvalue weighted by Gasteiger charge is -2.21. The Hall–Kier alpha value is -1.55. The molecule has 4 heteroatoms. The summed E-state index contributed by atoms with van der Waals surface area (Å²) in [6, 6.07) is 7.30. The number of carbonyl (C=O) groups excluding carboxylic acids is 1. The topological polar surface area (TPSA) is 67.1 Å². The molecule has 94 valence electrons. The highest BCUT2D eigenvalue weighted by Crippen LogP contribution is 2.15. The van der Waals surface area contributed by atoms with Crippen LogP contribution in [0.5, 0.6) is 0 Å². The lowest BCUT2D eigenvalue weighted by molar-refractivity contribution is 0.244. The summed E-state index contributed by atoms with van der Waals surface area (Å²) in [5, 5.41) is 5.62. The third kappa shape index (κ3) is 4.87. The van der Waals surface area contributed by atoms with Gasteiger partial charge < -0.3 is 16.4 Å². The summed E-state index contributed by atoms with van der Waals surface area (Å²) >= 11 is 0. The molecule has 0 radical (unpaired) electrons. The average Bonchev–Trinajstić information content (AvgIpc) is 2.14. The summed E-state index contributed by atoms with van der Waals surface area (Å²) in [5.74, 6) is 0. The number of hydrogen-bond donors (Lipinski definition) is 3. The minimum atomic E-state index is -0.247. The van der Waals surface area contributed by atoms with Crippen LogP contribution in [0, 0.1) is 0 Å². The second-order valence-electron chi connectivity index (χ2n) is 5.24. The molecule has 0 aliphatic rings. The molecule has 1 unspecified atom stereocenters. The third-order valence-corrected chi connectivity index (χ3v) is 2.16. The van der Waals surface area contributed by atoms with Gasteiger partial charge in [-0.15, -0.1) is 0 Å². The molecule has 0 heterocycles. The third-order valence-electron chi connectivity index (χ3n) is 2.16. The van der Waals surface area contributed by atoms with Crippen LogP contribution >= 0.6 is 0 Å². The largest absolute Gasteiger partial charge is 0.333 e. The van der Waals surface area contributed by atoms with Gasteiger partial charge in [-0.05, 0) is 45.4 Å². The Bertz CT molecular complexity index is 394. The number of urea groups is 1. The quantitative estimate of drug-likeness (QED) is 0.737. The lowest BCUT2D eigenvalue weighted by atomic mass is 10.1. The van der Waals surface area contributed by atoms with Crippen molar-refractivity contribution in [2.75, 3.05) is 5.32 Å². The normalized spacial score (nSPS) is 13.0. The van der Waals surface area contributed by atoms with E-state index in [4.69, 9.17) is 5.73 Å². The summed E-state index contributed by atoms with van der Waals surface area (Å²) in [6.07, 6.45) is 0. The van der Waals surface area contributed by atoms with Crippen molar-refractivity contribution in [2.24, 2.45) is 5.73 Å². The molecule has 0 saturated carbocycles. The highest BCUT2D eigenvalue weighted by Gasteiger charge is 2.13. The van der Waals surface area contributed by atoms with Crippen molar-refractivity contribution in [1.82, 2.24) is 5.32 Å². The molecule has 4 nitrogen and oxygen atoms in total. The molecule has 4 N–H and O–H groups in total. The van der Waals surface area contributed by atoms with Gasteiger partial charge in [0.1, 0.15) is 0 Å². The fourth-order valence-corrected chi connectivity index (χ4v) is 1.40. The highest BCUT2D eigenvalue weighted by atomic mass is 16.2. The molecule has 0 aliphatic carbocycles. The predicted octanol–water partition coefficient (Wildman–Crippen LogP) is 2.63. The van der Waals surface area contributed by atoms with Crippen molar-refractivity contribution in [3.8, 4) is 0 Å². The van der Waals surface area contributed by atoms with Crippen LogP contribution in [0.1, 0.15) is 39.3 Å². The smallest absolute Gasteiger partial charge is 0.319 e. The molecule has 1 aromatic rings. The van der Waals surface area contributed by atoms with E-state index in [0.717, 1.165) is 11.3 Å². The monoisotopic (exact) mass is 235 g/mol. The first-order chi connectivity index (χ1) is 7.78. The summed E-state index contributed by atoms with van der Waals surface area (Å²) in [6.45, 7) is 7.72. The number of amides is 2. The van der Waals surface area contributed by atoms with Gasteiger partial charge in [-0.2, -0.15) is 0 Å². The first-order valence-corrected chi connectivity index (χ1v) is 5.72. The molecule has 0 bridgehead atoms. The minimum Gasteiger partial charge on any atom is -0.333 e. The Morgan fingerprint density at radius 2 is 2.00 bits per heavy atom. The zero-order chi connectivity index (χ0) is 13.1. The zero-order valence-corrected chi connectivity index (χ0v) is 10.9. The maximum atomic E-state index is 11.7.